The molecule has 3 rings (SSSR count). The number of aryl methyl sites for hydroxylation is 1. The van der Waals surface area contributed by atoms with Crippen molar-refractivity contribution in [1.82, 2.24) is 4.98 Å². The van der Waals surface area contributed by atoms with E-state index in [4.69, 9.17) is 5.73 Å². The molecule has 1 heterocycles. The Labute approximate surface area is 102 Å². The summed E-state index contributed by atoms with van der Waals surface area (Å²) in [6.45, 7) is 2.06. The van der Waals surface area contributed by atoms with E-state index >= 15 is 0 Å². The SMILES string of the molecule is Cc1cncc(C2(N)Cc3ccccc3C2)c1. The zero-order valence-electron chi connectivity index (χ0n) is 9.98. The van der Waals surface area contributed by atoms with Gasteiger partial charge in [-0.05, 0) is 42.0 Å². The third-order valence-corrected chi connectivity index (χ3v) is 3.58. The Kier molecular flexibility index (Phi) is 2.26. The number of fused-ring (bicyclic) bond motifs is 1. The maximum absolute atomic E-state index is 6.56. The molecule has 1 aromatic heterocycles. The van der Waals surface area contributed by atoms with Crippen LogP contribution >= 0.6 is 0 Å². The summed E-state index contributed by atoms with van der Waals surface area (Å²) in [4.78, 5) is 4.26. The zero-order valence-corrected chi connectivity index (χ0v) is 9.98. The number of benzene rings is 1. The van der Waals surface area contributed by atoms with Crippen LogP contribution in [0.3, 0.4) is 0 Å². The standard InChI is InChI=1S/C15H16N2/c1-11-6-14(10-17-9-11)15(16)7-12-4-2-3-5-13(12)8-15/h2-6,9-10H,7-8,16H2,1H3. The predicted molar refractivity (Wildman–Crippen MR) is 68.7 cm³/mol. The van der Waals surface area contributed by atoms with E-state index in [-0.39, 0.29) is 5.54 Å². The fourth-order valence-corrected chi connectivity index (χ4v) is 2.68. The molecular formula is C15H16N2. The van der Waals surface area contributed by atoms with Gasteiger partial charge in [-0.2, -0.15) is 0 Å². The van der Waals surface area contributed by atoms with Crippen molar-refractivity contribution < 1.29 is 0 Å². The first-order valence-corrected chi connectivity index (χ1v) is 5.95. The van der Waals surface area contributed by atoms with Gasteiger partial charge in [0, 0.05) is 12.4 Å². The average molecular weight is 224 g/mol. The van der Waals surface area contributed by atoms with Gasteiger partial charge in [0.25, 0.3) is 0 Å². The van der Waals surface area contributed by atoms with Crippen LogP contribution in [0.5, 0.6) is 0 Å². The minimum atomic E-state index is -0.275. The topological polar surface area (TPSA) is 38.9 Å². The van der Waals surface area contributed by atoms with E-state index in [9.17, 15) is 0 Å². The summed E-state index contributed by atoms with van der Waals surface area (Å²) in [7, 11) is 0. The summed E-state index contributed by atoms with van der Waals surface area (Å²) in [6, 6.07) is 10.7. The van der Waals surface area contributed by atoms with Gasteiger partial charge < -0.3 is 5.73 Å². The average Bonchev–Trinajstić information content (AvgIpc) is 2.66. The highest BCUT2D eigenvalue weighted by molar-refractivity contribution is 5.40. The monoisotopic (exact) mass is 224 g/mol. The molecule has 0 fully saturated rings. The predicted octanol–water partition coefficient (Wildman–Crippen LogP) is 2.34. The molecule has 0 saturated carbocycles. The molecule has 0 spiro atoms. The van der Waals surface area contributed by atoms with E-state index in [1.807, 2.05) is 12.4 Å². The van der Waals surface area contributed by atoms with E-state index in [1.54, 1.807) is 0 Å². The Morgan fingerprint density at radius 2 is 1.76 bits per heavy atom. The van der Waals surface area contributed by atoms with Gasteiger partial charge in [0.1, 0.15) is 0 Å². The smallest absolute Gasteiger partial charge is 0.0506 e. The highest BCUT2D eigenvalue weighted by Crippen LogP contribution is 2.35. The first kappa shape index (κ1) is 10.5. The number of aromatic nitrogens is 1. The van der Waals surface area contributed by atoms with Gasteiger partial charge >= 0.3 is 0 Å². The molecule has 0 unspecified atom stereocenters. The fourth-order valence-electron chi connectivity index (χ4n) is 2.68. The van der Waals surface area contributed by atoms with Crippen molar-refractivity contribution in [2.45, 2.75) is 25.3 Å². The molecule has 0 bridgehead atoms. The van der Waals surface area contributed by atoms with Crippen molar-refractivity contribution in [3.05, 3.63) is 65.0 Å². The van der Waals surface area contributed by atoms with Crippen LogP contribution in [0.1, 0.15) is 22.3 Å². The summed E-state index contributed by atoms with van der Waals surface area (Å²) in [5, 5.41) is 0. The Morgan fingerprint density at radius 3 is 2.35 bits per heavy atom. The van der Waals surface area contributed by atoms with Crippen LogP contribution in [0.4, 0.5) is 0 Å². The van der Waals surface area contributed by atoms with Crippen LogP contribution in [-0.4, -0.2) is 4.98 Å². The first-order chi connectivity index (χ1) is 8.17. The lowest BCUT2D eigenvalue weighted by molar-refractivity contribution is 0.471. The molecular weight excluding hydrogens is 208 g/mol. The number of pyridine rings is 1. The molecule has 2 heteroatoms. The van der Waals surface area contributed by atoms with Crippen molar-refractivity contribution >= 4 is 0 Å². The second-order valence-corrected chi connectivity index (χ2v) is 5.03. The molecule has 1 aliphatic rings. The first-order valence-electron chi connectivity index (χ1n) is 5.95. The van der Waals surface area contributed by atoms with Crippen LogP contribution < -0.4 is 5.73 Å². The minimum absolute atomic E-state index is 0.275. The second kappa shape index (κ2) is 3.67. The Balaban J connectivity index is 2.01. The van der Waals surface area contributed by atoms with Crippen molar-refractivity contribution in [2.24, 2.45) is 5.73 Å². The maximum atomic E-state index is 6.56. The third-order valence-electron chi connectivity index (χ3n) is 3.58. The second-order valence-electron chi connectivity index (χ2n) is 5.03. The fraction of sp³-hybridized carbons (Fsp3) is 0.267. The van der Waals surface area contributed by atoms with Crippen molar-refractivity contribution in [3.63, 3.8) is 0 Å². The molecule has 0 radical (unpaired) electrons. The maximum Gasteiger partial charge on any atom is 0.0506 e. The van der Waals surface area contributed by atoms with Crippen molar-refractivity contribution in [1.29, 1.82) is 0 Å². The molecule has 2 N–H and O–H groups in total. The van der Waals surface area contributed by atoms with E-state index in [0.29, 0.717) is 0 Å². The molecule has 2 aromatic rings. The molecule has 0 atom stereocenters. The van der Waals surface area contributed by atoms with Crippen molar-refractivity contribution in [3.8, 4) is 0 Å². The summed E-state index contributed by atoms with van der Waals surface area (Å²) in [6.07, 6.45) is 5.59. The number of nitrogens with zero attached hydrogens (tertiary/aromatic N) is 1. The number of hydrogen-bond donors (Lipinski definition) is 1. The summed E-state index contributed by atoms with van der Waals surface area (Å²) in [5.41, 5.74) is 11.3. The number of rotatable bonds is 1. The summed E-state index contributed by atoms with van der Waals surface area (Å²) >= 11 is 0. The van der Waals surface area contributed by atoms with Crippen LogP contribution in [-0.2, 0) is 18.4 Å². The van der Waals surface area contributed by atoms with Crippen LogP contribution in [0.2, 0.25) is 0 Å². The Morgan fingerprint density at radius 1 is 1.12 bits per heavy atom. The number of nitrogens with two attached hydrogens (primary N) is 1. The van der Waals surface area contributed by atoms with Gasteiger partial charge in [-0.1, -0.05) is 30.3 Å². The molecule has 1 aromatic carbocycles. The molecule has 86 valence electrons. The summed E-state index contributed by atoms with van der Waals surface area (Å²) < 4.78 is 0. The minimum Gasteiger partial charge on any atom is -0.321 e. The van der Waals surface area contributed by atoms with Gasteiger partial charge in [0.2, 0.25) is 0 Å². The summed E-state index contributed by atoms with van der Waals surface area (Å²) in [5.74, 6) is 0. The molecule has 17 heavy (non-hydrogen) atoms. The zero-order chi connectivity index (χ0) is 11.9. The van der Waals surface area contributed by atoms with E-state index in [0.717, 1.165) is 18.4 Å². The molecule has 0 aliphatic heterocycles. The molecule has 2 nitrogen and oxygen atoms in total. The van der Waals surface area contributed by atoms with E-state index in [2.05, 4.69) is 42.2 Å². The van der Waals surface area contributed by atoms with Gasteiger partial charge in [-0.15, -0.1) is 0 Å². The lowest BCUT2D eigenvalue weighted by Gasteiger charge is -2.24. The third kappa shape index (κ3) is 1.75. The molecule has 0 saturated heterocycles. The number of hydrogen-bond acceptors (Lipinski definition) is 2. The highest BCUT2D eigenvalue weighted by Gasteiger charge is 2.35. The van der Waals surface area contributed by atoms with E-state index in [1.165, 1.54) is 16.7 Å². The Bertz CT molecular complexity index is 535. The van der Waals surface area contributed by atoms with Crippen LogP contribution in [0.25, 0.3) is 0 Å². The lowest BCUT2D eigenvalue weighted by Crippen LogP contribution is -2.37. The largest absolute Gasteiger partial charge is 0.321 e. The van der Waals surface area contributed by atoms with E-state index < -0.39 is 0 Å². The molecule has 0 amide bonds. The van der Waals surface area contributed by atoms with Gasteiger partial charge in [0.05, 0.1) is 5.54 Å². The van der Waals surface area contributed by atoms with Crippen LogP contribution in [0, 0.1) is 6.92 Å². The van der Waals surface area contributed by atoms with Gasteiger partial charge in [-0.25, -0.2) is 0 Å². The van der Waals surface area contributed by atoms with Crippen molar-refractivity contribution in [2.75, 3.05) is 0 Å². The quantitative estimate of drug-likeness (QED) is 0.807. The highest BCUT2D eigenvalue weighted by atomic mass is 14.8. The van der Waals surface area contributed by atoms with Gasteiger partial charge in [0.15, 0.2) is 0 Å². The van der Waals surface area contributed by atoms with Gasteiger partial charge in [-0.3, -0.25) is 4.98 Å². The Hall–Kier alpha value is -1.67. The molecule has 1 aliphatic carbocycles. The lowest BCUT2D eigenvalue weighted by atomic mass is 9.88. The van der Waals surface area contributed by atoms with Crippen LogP contribution in [0.15, 0.2) is 42.7 Å². The normalized spacial score (nSPS) is 16.8.